The number of rotatable bonds is 4. The highest BCUT2D eigenvalue weighted by Crippen LogP contribution is 2.22. The number of carboxylic acid groups (broad SMARTS) is 1. The number of aromatic carboxylic acids is 1. The van der Waals surface area contributed by atoms with Gasteiger partial charge in [0.2, 0.25) is 0 Å². The number of hydrogen-bond donors (Lipinski definition) is 1. The average Bonchev–Trinajstić information content (AvgIpc) is 2.81. The van der Waals surface area contributed by atoms with E-state index in [0.29, 0.717) is 10.6 Å². The van der Waals surface area contributed by atoms with E-state index in [4.69, 9.17) is 16.7 Å². The van der Waals surface area contributed by atoms with Crippen molar-refractivity contribution in [2.24, 2.45) is 0 Å². The number of carbonyl (C=O) groups is 1. The molecule has 0 spiro atoms. The van der Waals surface area contributed by atoms with E-state index < -0.39 is 16.8 Å². The summed E-state index contributed by atoms with van der Waals surface area (Å²) in [5.41, 5.74) is -0.0197. The lowest BCUT2D eigenvalue weighted by atomic mass is 10.2. The minimum atomic E-state index is -1.26. The van der Waals surface area contributed by atoms with Gasteiger partial charge in [-0.15, -0.1) is 11.3 Å². The van der Waals surface area contributed by atoms with Crippen molar-refractivity contribution in [3.8, 4) is 0 Å². The van der Waals surface area contributed by atoms with Crippen molar-refractivity contribution >= 4 is 39.7 Å². The van der Waals surface area contributed by atoms with Gasteiger partial charge in [0.15, 0.2) is 0 Å². The Kier molecular flexibility index (Phi) is 4.16. The molecule has 0 aliphatic carbocycles. The first kappa shape index (κ1) is 13.3. The molecule has 0 amide bonds. The van der Waals surface area contributed by atoms with E-state index in [1.807, 2.05) is 17.5 Å². The van der Waals surface area contributed by atoms with Crippen LogP contribution in [0.5, 0.6) is 0 Å². The van der Waals surface area contributed by atoms with Crippen LogP contribution in [-0.2, 0) is 16.6 Å². The van der Waals surface area contributed by atoms with Crippen LogP contribution in [-0.4, -0.2) is 15.3 Å². The zero-order chi connectivity index (χ0) is 13.1. The smallest absolute Gasteiger partial charge is 0.337 e. The Balaban J connectivity index is 2.26. The molecule has 0 fully saturated rings. The Bertz CT molecular complexity index is 593. The molecule has 0 saturated heterocycles. The molecule has 1 atom stereocenters. The molecule has 1 N–H and O–H groups in total. The molecule has 1 aromatic carbocycles. The van der Waals surface area contributed by atoms with Crippen LogP contribution in [0.25, 0.3) is 0 Å². The summed E-state index contributed by atoms with van der Waals surface area (Å²) in [6, 6.07) is 8.22. The summed E-state index contributed by atoms with van der Waals surface area (Å²) in [5, 5.41) is 11.0. The topological polar surface area (TPSA) is 54.4 Å². The van der Waals surface area contributed by atoms with Crippen LogP contribution in [0.4, 0.5) is 0 Å². The Morgan fingerprint density at radius 1 is 1.39 bits per heavy atom. The van der Waals surface area contributed by atoms with Gasteiger partial charge < -0.3 is 5.11 Å². The molecule has 18 heavy (non-hydrogen) atoms. The van der Waals surface area contributed by atoms with Gasteiger partial charge in [0, 0.05) is 9.77 Å². The minimum Gasteiger partial charge on any atom is -0.478 e. The maximum atomic E-state index is 12.1. The Labute approximate surface area is 115 Å². The quantitative estimate of drug-likeness (QED) is 0.941. The van der Waals surface area contributed by atoms with Gasteiger partial charge >= 0.3 is 5.97 Å². The third-order valence-corrected chi connectivity index (χ3v) is 5.03. The SMILES string of the molecule is O=C(O)c1cc(S(=O)Cc2cccs2)ccc1Cl. The fraction of sp³-hybridized carbons (Fsp3) is 0.0833. The number of hydrogen-bond acceptors (Lipinski definition) is 3. The Morgan fingerprint density at radius 3 is 2.78 bits per heavy atom. The van der Waals surface area contributed by atoms with Crippen LogP contribution in [0.2, 0.25) is 5.02 Å². The molecule has 0 radical (unpaired) electrons. The summed E-state index contributed by atoms with van der Waals surface area (Å²) in [6.07, 6.45) is 0. The molecule has 94 valence electrons. The summed E-state index contributed by atoms with van der Waals surface area (Å²) in [5.74, 6) is -0.729. The van der Waals surface area contributed by atoms with E-state index in [1.165, 1.54) is 23.5 Å². The predicted molar refractivity (Wildman–Crippen MR) is 72.8 cm³/mol. The molecule has 2 rings (SSSR count). The van der Waals surface area contributed by atoms with Gasteiger partial charge in [0.1, 0.15) is 0 Å². The minimum absolute atomic E-state index is 0.0197. The lowest BCUT2D eigenvalue weighted by molar-refractivity contribution is 0.0697. The van der Waals surface area contributed by atoms with Crippen molar-refractivity contribution in [2.75, 3.05) is 0 Å². The molecule has 0 aliphatic rings. The first-order valence-corrected chi connectivity index (χ1v) is 7.59. The van der Waals surface area contributed by atoms with Crippen molar-refractivity contribution in [1.29, 1.82) is 0 Å². The van der Waals surface area contributed by atoms with E-state index in [1.54, 1.807) is 6.07 Å². The van der Waals surface area contributed by atoms with Crippen molar-refractivity contribution < 1.29 is 14.1 Å². The van der Waals surface area contributed by atoms with Crippen molar-refractivity contribution in [1.82, 2.24) is 0 Å². The van der Waals surface area contributed by atoms with Crippen LogP contribution in [0.15, 0.2) is 40.6 Å². The molecular weight excluding hydrogens is 292 g/mol. The monoisotopic (exact) mass is 300 g/mol. The van der Waals surface area contributed by atoms with Gasteiger partial charge in [-0.3, -0.25) is 4.21 Å². The molecular formula is C12H9ClO3S2. The van der Waals surface area contributed by atoms with E-state index >= 15 is 0 Å². The molecule has 0 saturated carbocycles. The number of halogens is 1. The van der Waals surface area contributed by atoms with Gasteiger partial charge in [-0.25, -0.2) is 4.79 Å². The van der Waals surface area contributed by atoms with E-state index in [9.17, 15) is 9.00 Å². The molecule has 6 heteroatoms. The highest BCUT2D eigenvalue weighted by molar-refractivity contribution is 7.84. The fourth-order valence-corrected chi connectivity index (χ4v) is 3.69. The summed E-state index contributed by atoms with van der Waals surface area (Å²) in [7, 11) is -1.26. The summed E-state index contributed by atoms with van der Waals surface area (Å²) in [4.78, 5) is 12.4. The second-order valence-corrected chi connectivity index (χ2v) is 6.41. The Morgan fingerprint density at radius 2 is 2.17 bits per heavy atom. The normalized spacial score (nSPS) is 12.3. The second kappa shape index (κ2) is 5.65. The van der Waals surface area contributed by atoms with Gasteiger partial charge in [0.05, 0.1) is 27.1 Å². The summed E-state index contributed by atoms with van der Waals surface area (Å²) < 4.78 is 12.1. The zero-order valence-corrected chi connectivity index (χ0v) is 11.5. The highest BCUT2D eigenvalue weighted by Gasteiger charge is 2.13. The fourth-order valence-electron chi connectivity index (χ4n) is 1.42. The molecule has 2 aromatic rings. The number of thiophene rings is 1. The lowest BCUT2D eigenvalue weighted by Gasteiger charge is -2.04. The van der Waals surface area contributed by atoms with Crippen LogP contribution in [0, 0.1) is 0 Å². The van der Waals surface area contributed by atoms with Gasteiger partial charge in [-0.2, -0.15) is 0 Å². The van der Waals surface area contributed by atoms with Crippen LogP contribution < -0.4 is 0 Å². The van der Waals surface area contributed by atoms with Crippen LogP contribution >= 0.6 is 22.9 Å². The molecule has 0 bridgehead atoms. The summed E-state index contributed by atoms with van der Waals surface area (Å²) in [6.45, 7) is 0. The third kappa shape index (κ3) is 2.98. The molecule has 0 aliphatic heterocycles. The van der Waals surface area contributed by atoms with Crippen molar-refractivity contribution in [3.05, 3.63) is 51.2 Å². The first-order chi connectivity index (χ1) is 8.58. The second-order valence-electron chi connectivity index (χ2n) is 3.52. The van der Waals surface area contributed by atoms with E-state index in [2.05, 4.69) is 0 Å². The molecule has 1 aromatic heterocycles. The average molecular weight is 301 g/mol. The zero-order valence-electron chi connectivity index (χ0n) is 9.13. The van der Waals surface area contributed by atoms with Crippen LogP contribution in [0.3, 0.4) is 0 Å². The molecule has 1 unspecified atom stereocenters. The third-order valence-electron chi connectivity index (χ3n) is 2.28. The first-order valence-electron chi connectivity index (χ1n) is 5.01. The summed E-state index contributed by atoms with van der Waals surface area (Å²) >= 11 is 7.29. The van der Waals surface area contributed by atoms with Gasteiger partial charge in [-0.1, -0.05) is 17.7 Å². The van der Waals surface area contributed by atoms with Gasteiger partial charge in [0.25, 0.3) is 0 Å². The van der Waals surface area contributed by atoms with Gasteiger partial charge in [-0.05, 0) is 29.6 Å². The standard InChI is InChI=1S/C12H9ClO3S2/c13-11-4-3-9(6-10(11)12(14)15)18(16)7-8-2-1-5-17-8/h1-6H,7H2,(H,14,15). The molecule has 3 nitrogen and oxygen atoms in total. The Hall–Kier alpha value is -1.17. The highest BCUT2D eigenvalue weighted by atomic mass is 35.5. The number of carboxylic acids is 1. The van der Waals surface area contributed by atoms with Crippen molar-refractivity contribution in [3.63, 3.8) is 0 Å². The number of benzene rings is 1. The lowest BCUT2D eigenvalue weighted by Crippen LogP contribution is -2.01. The van der Waals surface area contributed by atoms with Crippen LogP contribution in [0.1, 0.15) is 15.2 Å². The maximum absolute atomic E-state index is 12.1. The van der Waals surface area contributed by atoms with Crippen molar-refractivity contribution in [2.45, 2.75) is 10.6 Å². The molecule has 1 heterocycles. The van der Waals surface area contributed by atoms with E-state index in [-0.39, 0.29) is 10.6 Å². The largest absolute Gasteiger partial charge is 0.478 e. The van der Waals surface area contributed by atoms with E-state index in [0.717, 1.165) is 4.88 Å². The predicted octanol–water partition coefficient (Wildman–Crippen LogP) is 3.41. The maximum Gasteiger partial charge on any atom is 0.337 e.